The highest BCUT2D eigenvalue weighted by Gasteiger charge is 2.46. The van der Waals surface area contributed by atoms with Crippen LogP contribution in [0.4, 0.5) is 12.7 Å². The molecule has 0 unspecified atom stereocenters. The summed E-state index contributed by atoms with van der Waals surface area (Å²) in [4.78, 5) is -0.975. The molecular formula is C7H3F3O4S. The maximum atomic E-state index is 12.6. The van der Waals surface area contributed by atoms with Crippen molar-refractivity contribution in [2.75, 3.05) is 0 Å². The summed E-state index contributed by atoms with van der Waals surface area (Å²) in [5.41, 5.74) is 0. The van der Waals surface area contributed by atoms with E-state index in [2.05, 4.69) is 9.47 Å². The predicted molar refractivity (Wildman–Crippen MR) is 40.9 cm³/mol. The van der Waals surface area contributed by atoms with Crippen molar-refractivity contribution in [3.05, 3.63) is 18.2 Å². The highest BCUT2D eigenvalue weighted by molar-refractivity contribution is 7.86. The van der Waals surface area contributed by atoms with Crippen LogP contribution in [0.3, 0.4) is 0 Å². The van der Waals surface area contributed by atoms with Crippen LogP contribution in [-0.4, -0.2) is 14.7 Å². The fourth-order valence-electron chi connectivity index (χ4n) is 1.14. The van der Waals surface area contributed by atoms with Gasteiger partial charge < -0.3 is 9.47 Å². The second-order valence-corrected chi connectivity index (χ2v) is 4.00. The molecule has 0 amide bonds. The lowest BCUT2D eigenvalue weighted by molar-refractivity contribution is -0.287. The standard InChI is InChI=1S/C7H3F3O4S/c8-7(9)13-4-2-1-3-5(6(4)14-7)15(10,11)12/h1-3H. The summed E-state index contributed by atoms with van der Waals surface area (Å²) in [5, 5.41) is 0. The molecule has 0 fully saturated rings. The van der Waals surface area contributed by atoms with E-state index in [0.717, 1.165) is 18.2 Å². The Morgan fingerprint density at radius 1 is 1.20 bits per heavy atom. The molecule has 4 nitrogen and oxygen atoms in total. The van der Waals surface area contributed by atoms with Crippen LogP contribution >= 0.6 is 0 Å². The molecule has 0 aliphatic carbocycles. The predicted octanol–water partition coefficient (Wildman–Crippen LogP) is 1.67. The molecule has 0 saturated carbocycles. The van der Waals surface area contributed by atoms with Crippen molar-refractivity contribution < 1.29 is 30.6 Å². The van der Waals surface area contributed by atoms with Gasteiger partial charge >= 0.3 is 16.5 Å². The van der Waals surface area contributed by atoms with E-state index in [1.165, 1.54) is 0 Å². The Kier molecular flexibility index (Phi) is 1.87. The molecule has 0 radical (unpaired) electrons. The molecule has 2 rings (SSSR count). The van der Waals surface area contributed by atoms with E-state index in [-0.39, 0.29) is 0 Å². The van der Waals surface area contributed by atoms with Crippen LogP contribution in [0.5, 0.6) is 11.5 Å². The van der Waals surface area contributed by atoms with Crippen LogP contribution in [0.25, 0.3) is 0 Å². The minimum Gasteiger partial charge on any atom is -0.395 e. The lowest BCUT2D eigenvalue weighted by Crippen LogP contribution is -2.26. The summed E-state index contributed by atoms with van der Waals surface area (Å²) in [6.07, 6.45) is -3.97. The quantitative estimate of drug-likeness (QED) is 0.700. The van der Waals surface area contributed by atoms with Gasteiger partial charge in [-0.15, -0.1) is 12.7 Å². The van der Waals surface area contributed by atoms with Gasteiger partial charge in [-0.1, -0.05) is 6.07 Å². The van der Waals surface area contributed by atoms with Crippen LogP contribution in [0.2, 0.25) is 0 Å². The third kappa shape index (κ3) is 1.72. The molecule has 1 heterocycles. The first kappa shape index (κ1) is 10.1. The van der Waals surface area contributed by atoms with Gasteiger partial charge in [-0.3, -0.25) is 0 Å². The van der Waals surface area contributed by atoms with E-state index in [1.54, 1.807) is 0 Å². The Morgan fingerprint density at radius 3 is 2.47 bits per heavy atom. The van der Waals surface area contributed by atoms with E-state index in [0.29, 0.717) is 0 Å². The molecule has 0 bridgehead atoms. The molecule has 0 N–H and O–H groups in total. The van der Waals surface area contributed by atoms with Gasteiger partial charge in [-0.25, -0.2) is 0 Å². The number of ether oxygens (including phenoxy) is 2. The molecule has 0 spiro atoms. The van der Waals surface area contributed by atoms with Crippen LogP contribution in [0.1, 0.15) is 0 Å². The lowest BCUT2D eigenvalue weighted by Gasteiger charge is -2.05. The Balaban J connectivity index is 2.61. The van der Waals surface area contributed by atoms with Crippen LogP contribution in [0.15, 0.2) is 23.1 Å². The van der Waals surface area contributed by atoms with E-state index >= 15 is 0 Å². The fourth-order valence-corrected chi connectivity index (χ4v) is 1.74. The highest BCUT2D eigenvalue weighted by Crippen LogP contribution is 2.45. The Bertz CT molecular complexity index is 511. The molecule has 1 aliphatic heterocycles. The first-order chi connectivity index (χ1) is 6.80. The van der Waals surface area contributed by atoms with E-state index in [9.17, 15) is 21.1 Å². The molecule has 8 heteroatoms. The normalized spacial score (nSPS) is 17.8. The van der Waals surface area contributed by atoms with Crippen molar-refractivity contribution in [2.24, 2.45) is 0 Å². The van der Waals surface area contributed by atoms with Crippen LogP contribution < -0.4 is 9.47 Å². The number of benzene rings is 1. The number of para-hydroxylation sites is 1. The van der Waals surface area contributed by atoms with Crippen molar-refractivity contribution >= 4 is 10.2 Å². The largest absolute Gasteiger partial charge is 0.586 e. The number of halogens is 3. The van der Waals surface area contributed by atoms with Gasteiger partial charge in [0.1, 0.15) is 4.90 Å². The first-order valence-electron chi connectivity index (χ1n) is 3.63. The zero-order chi connectivity index (χ0) is 11.3. The van der Waals surface area contributed by atoms with Crippen LogP contribution in [0, 0.1) is 0 Å². The summed E-state index contributed by atoms with van der Waals surface area (Å²) < 4.78 is 66.6. The summed E-state index contributed by atoms with van der Waals surface area (Å²) in [7, 11) is -5.12. The summed E-state index contributed by atoms with van der Waals surface area (Å²) in [5.74, 6) is -1.33. The zero-order valence-electron chi connectivity index (χ0n) is 6.91. The maximum absolute atomic E-state index is 12.6. The SMILES string of the molecule is O=S(=O)(F)c1cccc2c1OC(F)(F)O2. The molecule has 0 saturated heterocycles. The van der Waals surface area contributed by atoms with Gasteiger partial charge in [0.05, 0.1) is 0 Å². The minimum absolute atomic E-state index is 0.515. The topological polar surface area (TPSA) is 52.6 Å². The molecule has 1 aromatic carbocycles. The second-order valence-electron chi connectivity index (χ2n) is 2.69. The number of rotatable bonds is 1. The average Bonchev–Trinajstić information content (AvgIpc) is 2.35. The van der Waals surface area contributed by atoms with Gasteiger partial charge in [0.2, 0.25) is 0 Å². The van der Waals surface area contributed by atoms with Gasteiger partial charge in [0, 0.05) is 0 Å². The molecule has 82 valence electrons. The van der Waals surface area contributed by atoms with Crippen molar-refractivity contribution in [2.45, 2.75) is 11.2 Å². The minimum atomic E-state index is -5.12. The van der Waals surface area contributed by atoms with Gasteiger partial charge in [-0.2, -0.15) is 8.42 Å². The summed E-state index contributed by atoms with van der Waals surface area (Å²) in [6.45, 7) is 0. The Labute approximate surface area is 82.4 Å². The smallest absolute Gasteiger partial charge is 0.395 e. The van der Waals surface area contributed by atoms with Crippen molar-refractivity contribution in [3.63, 3.8) is 0 Å². The van der Waals surface area contributed by atoms with Crippen LogP contribution in [-0.2, 0) is 10.2 Å². The number of hydrogen-bond donors (Lipinski definition) is 0. The van der Waals surface area contributed by atoms with Crippen molar-refractivity contribution in [1.82, 2.24) is 0 Å². The highest BCUT2D eigenvalue weighted by atomic mass is 32.3. The lowest BCUT2D eigenvalue weighted by atomic mass is 10.3. The third-order valence-electron chi connectivity index (χ3n) is 1.66. The number of hydrogen-bond acceptors (Lipinski definition) is 4. The fraction of sp³-hybridized carbons (Fsp3) is 0.143. The number of alkyl halides is 2. The van der Waals surface area contributed by atoms with E-state index in [1.807, 2.05) is 0 Å². The zero-order valence-corrected chi connectivity index (χ0v) is 7.72. The Morgan fingerprint density at radius 2 is 1.87 bits per heavy atom. The molecule has 1 aliphatic rings. The monoisotopic (exact) mass is 240 g/mol. The van der Waals surface area contributed by atoms with Crippen molar-refractivity contribution in [3.8, 4) is 11.5 Å². The van der Waals surface area contributed by atoms with Crippen molar-refractivity contribution in [1.29, 1.82) is 0 Å². The van der Waals surface area contributed by atoms with E-state index < -0.39 is 32.9 Å². The summed E-state index contributed by atoms with van der Waals surface area (Å²) in [6, 6.07) is 2.92. The second kappa shape index (κ2) is 2.78. The third-order valence-corrected chi connectivity index (χ3v) is 2.50. The maximum Gasteiger partial charge on any atom is 0.586 e. The average molecular weight is 240 g/mol. The van der Waals surface area contributed by atoms with E-state index in [4.69, 9.17) is 0 Å². The van der Waals surface area contributed by atoms with Gasteiger partial charge in [-0.05, 0) is 12.1 Å². The molecule has 1 aromatic rings. The van der Waals surface area contributed by atoms with Gasteiger partial charge in [0.15, 0.2) is 11.5 Å². The Hall–Kier alpha value is -1.44. The first-order valence-corrected chi connectivity index (χ1v) is 5.01. The molecular weight excluding hydrogens is 237 g/mol. The summed E-state index contributed by atoms with van der Waals surface area (Å²) >= 11 is 0. The molecule has 0 atom stereocenters. The number of fused-ring (bicyclic) bond motifs is 1. The van der Waals surface area contributed by atoms with Gasteiger partial charge in [0.25, 0.3) is 0 Å². The molecule has 0 aromatic heterocycles. The molecule has 15 heavy (non-hydrogen) atoms.